The third kappa shape index (κ3) is 5.35. The molecule has 7 nitrogen and oxygen atoms in total. The Morgan fingerprint density at radius 2 is 2.29 bits per heavy atom. The van der Waals surface area contributed by atoms with Gasteiger partial charge in [-0.3, -0.25) is 0 Å². The van der Waals surface area contributed by atoms with Crippen molar-refractivity contribution in [2.75, 3.05) is 6.61 Å². The van der Waals surface area contributed by atoms with Crippen LogP contribution < -0.4 is 16.2 Å². The lowest BCUT2D eigenvalue weighted by Gasteiger charge is -2.07. The number of benzene rings is 1. The zero-order valence-electron chi connectivity index (χ0n) is 11.6. The van der Waals surface area contributed by atoms with Crippen LogP contribution in [-0.2, 0) is 6.54 Å². The summed E-state index contributed by atoms with van der Waals surface area (Å²) < 4.78 is 7.71. The summed E-state index contributed by atoms with van der Waals surface area (Å²) in [6.45, 7) is 1.51. The molecule has 1 aromatic carbocycles. The van der Waals surface area contributed by atoms with Crippen molar-refractivity contribution >= 4 is 12.2 Å². The van der Waals surface area contributed by atoms with Gasteiger partial charge in [-0.15, -0.1) is 5.10 Å². The van der Waals surface area contributed by atoms with Gasteiger partial charge in [0.1, 0.15) is 5.75 Å². The first kappa shape index (κ1) is 14.6. The first-order chi connectivity index (χ1) is 10.2. The van der Waals surface area contributed by atoms with Gasteiger partial charge in [-0.1, -0.05) is 12.1 Å². The molecule has 1 heterocycles. The normalized spacial score (nSPS) is 10.7. The van der Waals surface area contributed by atoms with Crippen molar-refractivity contribution < 1.29 is 4.74 Å². The summed E-state index contributed by atoms with van der Waals surface area (Å²) in [6, 6.07) is 7.56. The van der Waals surface area contributed by atoms with Crippen LogP contribution in [0.15, 0.2) is 53.2 Å². The monoisotopic (exact) mass is 286 g/mol. The highest BCUT2D eigenvalue weighted by atomic mass is 16.5. The van der Waals surface area contributed by atoms with Crippen molar-refractivity contribution in [1.29, 1.82) is 0 Å². The van der Waals surface area contributed by atoms with Crippen molar-refractivity contribution in [2.45, 2.75) is 13.0 Å². The molecule has 1 aromatic heterocycles. The van der Waals surface area contributed by atoms with Crippen molar-refractivity contribution in [3.8, 4) is 5.75 Å². The zero-order valence-corrected chi connectivity index (χ0v) is 11.6. The zero-order chi connectivity index (χ0) is 14.9. The predicted molar refractivity (Wildman–Crippen MR) is 82.2 cm³/mol. The molecule has 0 aliphatic carbocycles. The van der Waals surface area contributed by atoms with E-state index in [1.807, 2.05) is 35.0 Å². The molecule has 0 aliphatic heterocycles. The second-order valence-corrected chi connectivity index (χ2v) is 4.34. The molecule has 0 saturated heterocycles. The number of aryl methyl sites for hydroxylation is 1. The lowest BCUT2D eigenvalue weighted by molar-refractivity contribution is 0.301. The number of nitrogens with two attached hydrogens (primary N) is 2. The lowest BCUT2D eigenvalue weighted by atomic mass is 10.2. The van der Waals surface area contributed by atoms with Crippen LogP contribution in [0.3, 0.4) is 0 Å². The van der Waals surface area contributed by atoms with Gasteiger partial charge >= 0.3 is 0 Å². The summed E-state index contributed by atoms with van der Waals surface area (Å²) in [6.07, 6.45) is 7.96. The number of nitrogens with zero attached hydrogens (tertiary/aromatic N) is 4. The molecule has 0 amide bonds. The number of hydrogen-bond donors (Lipinski definition) is 2. The van der Waals surface area contributed by atoms with Gasteiger partial charge in [0.2, 0.25) is 5.96 Å². The SMILES string of the molecule is NC(N)=NN=Cc1cccc(OCCCn2ccnc2)c1. The van der Waals surface area contributed by atoms with E-state index in [2.05, 4.69) is 15.2 Å². The number of imidazole rings is 1. The van der Waals surface area contributed by atoms with Crippen LogP contribution in [0, 0.1) is 0 Å². The smallest absolute Gasteiger partial charge is 0.211 e. The first-order valence-corrected chi connectivity index (χ1v) is 6.54. The Morgan fingerprint density at radius 3 is 3.05 bits per heavy atom. The highest BCUT2D eigenvalue weighted by molar-refractivity contribution is 5.81. The molecule has 0 spiro atoms. The standard InChI is InChI=1S/C14H18N6O/c15-14(16)19-18-10-12-3-1-4-13(9-12)21-8-2-6-20-7-5-17-11-20/h1,3-5,7,9-11H,2,6,8H2,(H4,15,16,19). The second-order valence-electron chi connectivity index (χ2n) is 4.34. The summed E-state index contributed by atoms with van der Waals surface area (Å²) in [4.78, 5) is 3.99. The number of ether oxygens (including phenoxy) is 1. The summed E-state index contributed by atoms with van der Waals surface area (Å²) in [5.41, 5.74) is 11.2. The van der Waals surface area contributed by atoms with Gasteiger partial charge in [0, 0.05) is 18.9 Å². The van der Waals surface area contributed by atoms with E-state index in [1.165, 1.54) is 0 Å². The van der Waals surface area contributed by atoms with E-state index in [0.717, 1.165) is 24.3 Å². The Kier molecular flexibility index (Phi) is 5.33. The molecule has 0 aliphatic rings. The van der Waals surface area contributed by atoms with Gasteiger partial charge in [0.05, 0.1) is 19.1 Å². The molecular weight excluding hydrogens is 268 g/mol. The van der Waals surface area contributed by atoms with Gasteiger partial charge < -0.3 is 20.8 Å². The maximum Gasteiger partial charge on any atom is 0.211 e. The van der Waals surface area contributed by atoms with Crippen LogP contribution in [-0.4, -0.2) is 28.3 Å². The second kappa shape index (κ2) is 7.68. The Bertz CT molecular complexity index is 602. The van der Waals surface area contributed by atoms with Crippen LogP contribution in [0.1, 0.15) is 12.0 Å². The molecule has 2 rings (SSSR count). The Morgan fingerprint density at radius 1 is 1.38 bits per heavy atom. The average Bonchev–Trinajstić information content (AvgIpc) is 2.97. The lowest BCUT2D eigenvalue weighted by Crippen LogP contribution is -2.21. The van der Waals surface area contributed by atoms with Gasteiger partial charge in [0.25, 0.3) is 0 Å². The molecule has 21 heavy (non-hydrogen) atoms. The van der Waals surface area contributed by atoms with E-state index in [4.69, 9.17) is 16.2 Å². The molecule has 0 bridgehead atoms. The van der Waals surface area contributed by atoms with Crippen molar-refractivity contribution in [3.63, 3.8) is 0 Å². The molecule has 0 fully saturated rings. The molecule has 0 radical (unpaired) electrons. The molecular formula is C14H18N6O. The van der Waals surface area contributed by atoms with Crippen molar-refractivity contribution in [1.82, 2.24) is 9.55 Å². The van der Waals surface area contributed by atoms with Crippen LogP contribution in [0.2, 0.25) is 0 Å². The number of hydrogen-bond acceptors (Lipinski definition) is 4. The molecule has 0 atom stereocenters. The fourth-order valence-electron chi connectivity index (χ4n) is 1.70. The maximum atomic E-state index is 5.69. The van der Waals surface area contributed by atoms with E-state index < -0.39 is 0 Å². The van der Waals surface area contributed by atoms with E-state index in [9.17, 15) is 0 Å². The molecule has 110 valence electrons. The summed E-state index contributed by atoms with van der Waals surface area (Å²) in [7, 11) is 0. The third-order valence-electron chi connectivity index (χ3n) is 2.63. The average molecular weight is 286 g/mol. The van der Waals surface area contributed by atoms with Gasteiger partial charge in [-0.25, -0.2) is 4.98 Å². The quantitative estimate of drug-likeness (QED) is 0.342. The van der Waals surface area contributed by atoms with Gasteiger partial charge in [0.15, 0.2) is 0 Å². The predicted octanol–water partition coefficient (Wildman–Crippen LogP) is 0.959. The number of rotatable bonds is 7. The van der Waals surface area contributed by atoms with Crippen molar-refractivity contribution in [3.05, 3.63) is 48.5 Å². The molecule has 7 heteroatoms. The molecule has 2 aromatic rings. The summed E-state index contributed by atoms with van der Waals surface area (Å²) >= 11 is 0. The van der Waals surface area contributed by atoms with Crippen LogP contribution >= 0.6 is 0 Å². The number of aromatic nitrogens is 2. The van der Waals surface area contributed by atoms with Gasteiger partial charge in [-0.05, 0) is 24.1 Å². The fourth-order valence-corrected chi connectivity index (χ4v) is 1.70. The molecule has 0 saturated carbocycles. The molecule has 4 N–H and O–H groups in total. The summed E-state index contributed by atoms with van der Waals surface area (Å²) in [5.74, 6) is 0.715. The third-order valence-corrected chi connectivity index (χ3v) is 2.63. The maximum absolute atomic E-state index is 5.69. The van der Waals surface area contributed by atoms with Crippen LogP contribution in [0.4, 0.5) is 0 Å². The largest absolute Gasteiger partial charge is 0.494 e. The topological polar surface area (TPSA) is 104 Å². The minimum Gasteiger partial charge on any atom is -0.494 e. The Balaban J connectivity index is 1.80. The number of guanidine groups is 1. The van der Waals surface area contributed by atoms with Crippen LogP contribution in [0.25, 0.3) is 0 Å². The Hall–Kier alpha value is -2.83. The van der Waals surface area contributed by atoms with E-state index in [1.54, 1.807) is 18.7 Å². The highest BCUT2D eigenvalue weighted by Crippen LogP contribution is 2.12. The molecule has 0 unspecified atom stereocenters. The fraction of sp³-hybridized carbons (Fsp3) is 0.214. The minimum absolute atomic E-state index is 0.0712. The van der Waals surface area contributed by atoms with Crippen LogP contribution in [0.5, 0.6) is 5.75 Å². The van der Waals surface area contributed by atoms with E-state index in [-0.39, 0.29) is 5.96 Å². The minimum atomic E-state index is -0.0712. The Labute approximate surface area is 123 Å². The first-order valence-electron chi connectivity index (χ1n) is 6.54. The van der Waals surface area contributed by atoms with Gasteiger partial charge in [-0.2, -0.15) is 5.10 Å². The van der Waals surface area contributed by atoms with E-state index in [0.29, 0.717) is 6.61 Å². The summed E-state index contributed by atoms with van der Waals surface area (Å²) in [5, 5.41) is 7.31. The van der Waals surface area contributed by atoms with Crippen molar-refractivity contribution in [2.24, 2.45) is 21.7 Å². The van der Waals surface area contributed by atoms with E-state index >= 15 is 0 Å². The highest BCUT2D eigenvalue weighted by Gasteiger charge is 1.96.